The molecule has 0 aromatic rings. The maximum Gasteiger partial charge on any atom is 0.234 e. The second kappa shape index (κ2) is 4.52. The zero-order valence-corrected chi connectivity index (χ0v) is 9.61. The first-order valence-corrected chi connectivity index (χ1v) is 6.25. The average Bonchev–Trinajstić information content (AvgIpc) is 2.16. The molecule has 86 valence electrons. The van der Waals surface area contributed by atoms with Crippen molar-refractivity contribution in [2.45, 2.75) is 57.5 Å². The molecule has 2 N–H and O–H groups in total. The number of amides is 1. The Morgan fingerprint density at radius 3 is 2.60 bits per heavy atom. The molecule has 0 spiro atoms. The maximum absolute atomic E-state index is 11.1. The largest absolute Gasteiger partial charge is 0.368 e. The van der Waals surface area contributed by atoms with Gasteiger partial charge >= 0.3 is 0 Å². The van der Waals surface area contributed by atoms with E-state index in [2.05, 4.69) is 4.90 Å². The van der Waals surface area contributed by atoms with Crippen molar-refractivity contribution in [3.63, 3.8) is 0 Å². The second-order valence-electron chi connectivity index (χ2n) is 5.09. The molecular formula is C12H22N2O. The summed E-state index contributed by atoms with van der Waals surface area (Å²) in [7, 11) is 0. The van der Waals surface area contributed by atoms with Gasteiger partial charge in [0.05, 0.1) is 6.04 Å². The molecule has 1 aliphatic carbocycles. The molecule has 2 fully saturated rings. The highest BCUT2D eigenvalue weighted by molar-refractivity contribution is 5.79. The lowest BCUT2D eigenvalue weighted by molar-refractivity contribution is -0.129. The van der Waals surface area contributed by atoms with Crippen molar-refractivity contribution in [1.82, 2.24) is 4.90 Å². The first-order valence-electron chi connectivity index (χ1n) is 6.25. The van der Waals surface area contributed by atoms with Crippen molar-refractivity contribution >= 4 is 5.91 Å². The predicted molar refractivity (Wildman–Crippen MR) is 60.3 cm³/mol. The minimum Gasteiger partial charge on any atom is -0.368 e. The van der Waals surface area contributed by atoms with Gasteiger partial charge in [0.25, 0.3) is 0 Å². The maximum atomic E-state index is 11.1. The molecule has 3 atom stereocenters. The monoisotopic (exact) mass is 210 g/mol. The summed E-state index contributed by atoms with van der Waals surface area (Å²) in [6.07, 6.45) is 8.08. The van der Waals surface area contributed by atoms with E-state index in [0.29, 0.717) is 6.04 Å². The summed E-state index contributed by atoms with van der Waals surface area (Å²) >= 11 is 0. The molecule has 1 heterocycles. The highest BCUT2D eigenvalue weighted by atomic mass is 16.1. The lowest BCUT2D eigenvalue weighted by atomic mass is 9.78. The van der Waals surface area contributed by atoms with Gasteiger partial charge in [0, 0.05) is 12.6 Å². The van der Waals surface area contributed by atoms with Gasteiger partial charge in [0.15, 0.2) is 0 Å². The first kappa shape index (κ1) is 10.9. The van der Waals surface area contributed by atoms with Gasteiger partial charge in [-0.3, -0.25) is 9.69 Å². The number of carbonyl (C=O) groups is 1. The van der Waals surface area contributed by atoms with Crippen molar-refractivity contribution in [1.29, 1.82) is 0 Å². The second-order valence-corrected chi connectivity index (χ2v) is 5.09. The van der Waals surface area contributed by atoms with Crippen LogP contribution in [-0.4, -0.2) is 29.4 Å². The number of hydrogen-bond acceptors (Lipinski definition) is 2. The predicted octanol–water partition coefficient (Wildman–Crippen LogP) is 1.51. The van der Waals surface area contributed by atoms with Gasteiger partial charge < -0.3 is 5.73 Å². The molecule has 0 radical (unpaired) electrons. The van der Waals surface area contributed by atoms with E-state index in [1.54, 1.807) is 0 Å². The zero-order chi connectivity index (χ0) is 10.8. The van der Waals surface area contributed by atoms with E-state index in [0.717, 1.165) is 12.5 Å². The minimum absolute atomic E-state index is 0.0642. The molecule has 15 heavy (non-hydrogen) atoms. The van der Waals surface area contributed by atoms with Crippen molar-refractivity contribution in [2.24, 2.45) is 11.7 Å². The molecule has 1 saturated heterocycles. The van der Waals surface area contributed by atoms with E-state index in [9.17, 15) is 4.79 Å². The molecule has 2 aliphatic rings. The topological polar surface area (TPSA) is 46.3 Å². The number of nitrogens with zero attached hydrogens (tertiary/aromatic N) is 1. The Labute approximate surface area is 92.0 Å². The normalized spacial score (nSPS) is 34.5. The van der Waals surface area contributed by atoms with Crippen LogP contribution in [-0.2, 0) is 4.79 Å². The van der Waals surface area contributed by atoms with Gasteiger partial charge in [-0.15, -0.1) is 0 Å². The smallest absolute Gasteiger partial charge is 0.234 e. The van der Waals surface area contributed by atoms with Gasteiger partial charge in [-0.05, 0) is 25.7 Å². The highest BCUT2D eigenvalue weighted by Crippen LogP contribution is 2.36. The number of carbonyl (C=O) groups excluding carboxylic acids is 1. The molecule has 0 unspecified atom stereocenters. The SMILES string of the molecule is C[C@H](C(N)=O)N1C[C@H]2CCCCCC[C@H]21. The van der Waals surface area contributed by atoms with Gasteiger partial charge in [0.2, 0.25) is 5.91 Å². The van der Waals surface area contributed by atoms with E-state index in [1.165, 1.54) is 38.5 Å². The minimum atomic E-state index is -0.171. The van der Waals surface area contributed by atoms with Crippen LogP contribution in [0.15, 0.2) is 0 Å². The molecular weight excluding hydrogens is 188 g/mol. The summed E-state index contributed by atoms with van der Waals surface area (Å²) in [5.74, 6) is 0.669. The fraction of sp³-hybridized carbons (Fsp3) is 0.917. The number of nitrogens with two attached hydrogens (primary N) is 1. The third kappa shape index (κ3) is 2.17. The third-order valence-corrected chi connectivity index (χ3v) is 4.15. The van der Waals surface area contributed by atoms with E-state index in [1.807, 2.05) is 6.92 Å². The van der Waals surface area contributed by atoms with Crippen LogP contribution >= 0.6 is 0 Å². The van der Waals surface area contributed by atoms with Crippen LogP contribution in [0.4, 0.5) is 0 Å². The highest BCUT2D eigenvalue weighted by Gasteiger charge is 2.41. The summed E-state index contributed by atoms with van der Waals surface area (Å²) in [5.41, 5.74) is 5.36. The van der Waals surface area contributed by atoms with E-state index in [4.69, 9.17) is 5.73 Å². The molecule has 2 rings (SSSR count). The standard InChI is InChI=1S/C12H22N2O/c1-9(12(13)15)14-8-10-6-4-2-3-5-7-11(10)14/h9-11H,2-8H2,1H3,(H2,13,15)/t9-,10-,11-/m1/s1. The lowest BCUT2D eigenvalue weighted by Crippen LogP contribution is -2.62. The Hall–Kier alpha value is -0.570. The number of hydrogen-bond donors (Lipinski definition) is 1. The summed E-state index contributed by atoms with van der Waals surface area (Å²) in [6.45, 7) is 3.03. The molecule has 3 nitrogen and oxygen atoms in total. The molecule has 0 aromatic heterocycles. The van der Waals surface area contributed by atoms with Gasteiger partial charge in [0.1, 0.15) is 0 Å². The van der Waals surface area contributed by atoms with Crippen LogP contribution < -0.4 is 5.73 Å². The molecule has 1 amide bonds. The van der Waals surface area contributed by atoms with Crippen LogP contribution in [0, 0.1) is 5.92 Å². The number of primary amides is 1. The third-order valence-electron chi connectivity index (χ3n) is 4.15. The summed E-state index contributed by atoms with van der Waals surface area (Å²) in [6, 6.07) is 0.582. The van der Waals surface area contributed by atoms with Crippen molar-refractivity contribution in [3.8, 4) is 0 Å². The zero-order valence-electron chi connectivity index (χ0n) is 9.61. The fourth-order valence-electron chi connectivity index (χ4n) is 3.07. The average molecular weight is 210 g/mol. The number of fused-ring (bicyclic) bond motifs is 1. The Balaban J connectivity index is 1.92. The van der Waals surface area contributed by atoms with Crippen molar-refractivity contribution < 1.29 is 4.79 Å². The van der Waals surface area contributed by atoms with Gasteiger partial charge in [-0.2, -0.15) is 0 Å². The van der Waals surface area contributed by atoms with Crippen molar-refractivity contribution in [3.05, 3.63) is 0 Å². The van der Waals surface area contributed by atoms with E-state index in [-0.39, 0.29) is 11.9 Å². The summed E-state index contributed by atoms with van der Waals surface area (Å²) < 4.78 is 0. The van der Waals surface area contributed by atoms with Crippen LogP contribution in [0.25, 0.3) is 0 Å². The quantitative estimate of drug-likeness (QED) is 0.751. The molecule has 1 aliphatic heterocycles. The van der Waals surface area contributed by atoms with Crippen LogP contribution in [0.5, 0.6) is 0 Å². The van der Waals surface area contributed by atoms with Crippen molar-refractivity contribution in [2.75, 3.05) is 6.54 Å². The van der Waals surface area contributed by atoms with E-state index >= 15 is 0 Å². The van der Waals surface area contributed by atoms with Crippen LogP contribution in [0.1, 0.15) is 45.4 Å². The number of likely N-dealkylation sites (tertiary alicyclic amines) is 1. The van der Waals surface area contributed by atoms with Gasteiger partial charge in [-0.1, -0.05) is 25.7 Å². The molecule has 0 bridgehead atoms. The summed E-state index contributed by atoms with van der Waals surface area (Å²) in [5, 5.41) is 0. The Morgan fingerprint density at radius 1 is 1.27 bits per heavy atom. The Morgan fingerprint density at radius 2 is 1.93 bits per heavy atom. The van der Waals surface area contributed by atoms with E-state index < -0.39 is 0 Å². The Bertz CT molecular complexity index is 242. The molecule has 3 heteroatoms. The summed E-state index contributed by atoms with van der Waals surface area (Å²) in [4.78, 5) is 13.4. The van der Waals surface area contributed by atoms with Crippen LogP contribution in [0.3, 0.4) is 0 Å². The number of rotatable bonds is 2. The first-order chi connectivity index (χ1) is 7.20. The molecule has 0 aromatic carbocycles. The Kier molecular flexibility index (Phi) is 3.29. The fourth-order valence-corrected chi connectivity index (χ4v) is 3.07. The molecule has 1 saturated carbocycles. The van der Waals surface area contributed by atoms with Gasteiger partial charge in [-0.25, -0.2) is 0 Å². The van der Waals surface area contributed by atoms with Crippen LogP contribution in [0.2, 0.25) is 0 Å². The lowest BCUT2D eigenvalue weighted by Gasteiger charge is -2.51.